The molecule has 0 amide bonds. The largest absolute Gasteiger partial charge is 0.341 e. The minimum atomic E-state index is 0.0542. The summed E-state index contributed by atoms with van der Waals surface area (Å²) >= 11 is 0. The fourth-order valence-corrected chi connectivity index (χ4v) is 5.04. The summed E-state index contributed by atoms with van der Waals surface area (Å²) in [5.74, 6) is 0.0542. The van der Waals surface area contributed by atoms with Crippen molar-refractivity contribution in [1.82, 2.24) is 4.57 Å². The highest BCUT2D eigenvalue weighted by atomic mass is 16.1. The lowest BCUT2D eigenvalue weighted by molar-refractivity contribution is 0.104. The van der Waals surface area contributed by atoms with Crippen molar-refractivity contribution >= 4 is 38.4 Å². The van der Waals surface area contributed by atoms with Gasteiger partial charge in [0.1, 0.15) is 0 Å². The van der Waals surface area contributed by atoms with Gasteiger partial charge in [-0.2, -0.15) is 0 Å². The number of aryl methyl sites for hydroxylation is 1. The molecule has 2 nitrogen and oxygen atoms in total. The average Bonchev–Trinajstić information content (AvgIpc) is 3.20. The van der Waals surface area contributed by atoms with E-state index in [0.29, 0.717) is 5.56 Å². The molecule has 0 bridgehead atoms. The van der Waals surface area contributed by atoms with Gasteiger partial charge < -0.3 is 4.57 Å². The second-order valence-corrected chi connectivity index (χ2v) is 8.40. The van der Waals surface area contributed by atoms with Gasteiger partial charge in [-0.05, 0) is 47.0 Å². The third-order valence-electron chi connectivity index (χ3n) is 6.58. The Kier molecular flexibility index (Phi) is 4.58. The zero-order valence-electron chi connectivity index (χ0n) is 18.5. The highest BCUT2D eigenvalue weighted by Crippen LogP contribution is 2.37. The van der Waals surface area contributed by atoms with Crippen molar-refractivity contribution < 1.29 is 4.79 Å². The van der Waals surface area contributed by atoms with E-state index in [0.717, 1.165) is 34.0 Å². The van der Waals surface area contributed by atoms with Gasteiger partial charge >= 0.3 is 0 Å². The van der Waals surface area contributed by atoms with E-state index in [2.05, 4.69) is 72.2 Å². The number of carbonyl (C=O) groups excluding carboxylic acids is 1. The molecule has 6 rings (SSSR count). The number of benzene rings is 5. The number of hydrogen-bond donors (Lipinski definition) is 0. The maximum Gasteiger partial charge on any atom is 0.194 e. The standard InChI is InChI=1S/C31H23NO/c1-2-32-28-16-10-9-15-25(28)27-19-23-17-18-24(21-11-5-3-6-12-21)30(26(23)20-29(27)32)31(33)22-13-7-4-8-14-22/h3-20H,2H2,1H3. The van der Waals surface area contributed by atoms with Gasteiger partial charge in [-0.1, -0.05) is 91.0 Å². The topological polar surface area (TPSA) is 22.0 Å². The molecule has 33 heavy (non-hydrogen) atoms. The normalized spacial score (nSPS) is 11.4. The summed E-state index contributed by atoms with van der Waals surface area (Å²) in [6.45, 7) is 3.04. The molecule has 1 aromatic heterocycles. The van der Waals surface area contributed by atoms with Crippen LogP contribution in [0.1, 0.15) is 22.8 Å². The van der Waals surface area contributed by atoms with Crippen LogP contribution in [0.2, 0.25) is 0 Å². The van der Waals surface area contributed by atoms with Gasteiger partial charge in [-0.15, -0.1) is 0 Å². The Morgan fingerprint density at radius 3 is 2.12 bits per heavy atom. The van der Waals surface area contributed by atoms with Gasteiger partial charge in [0.25, 0.3) is 0 Å². The summed E-state index contributed by atoms with van der Waals surface area (Å²) in [7, 11) is 0. The van der Waals surface area contributed by atoms with Crippen molar-refractivity contribution in [3.8, 4) is 11.1 Å². The molecule has 1 heterocycles. The van der Waals surface area contributed by atoms with Gasteiger partial charge in [-0.3, -0.25) is 4.79 Å². The highest BCUT2D eigenvalue weighted by Gasteiger charge is 2.20. The molecule has 0 atom stereocenters. The monoisotopic (exact) mass is 425 g/mol. The smallest absolute Gasteiger partial charge is 0.194 e. The summed E-state index contributed by atoms with van der Waals surface area (Å²) in [5, 5.41) is 4.56. The maximum absolute atomic E-state index is 13.9. The fourth-order valence-electron chi connectivity index (χ4n) is 5.04. The number of hydrogen-bond acceptors (Lipinski definition) is 1. The van der Waals surface area contributed by atoms with E-state index in [-0.39, 0.29) is 5.78 Å². The molecule has 0 radical (unpaired) electrons. The third kappa shape index (κ3) is 3.07. The fraction of sp³-hybridized carbons (Fsp3) is 0.0645. The molecular weight excluding hydrogens is 402 g/mol. The van der Waals surface area contributed by atoms with Crippen LogP contribution in [-0.4, -0.2) is 10.4 Å². The molecule has 0 saturated carbocycles. The first kappa shape index (κ1) is 19.5. The lowest BCUT2D eigenvalue weighted by Crippen LogP contribution is -2.05. The molecule has 6 aromatic rings. The van der Waals surface area contributed by atoms with Crippen molar-refractivity contribution in [2.75, 3.05) is 0 Å². The van der Waals surface area contributed by atoms with Crippen molar-refractivity contribution in [1.29, 1.82) is 0 Å². The van der Waals surface area contributed by atoms with E-state index in [9.17, 15) is 4.79 Å². The van der Waals surface area contributed by atoms with Crippen LogP contribution >= 0.6 is 0 Å². The van der Waals surface area contributed by atoms with Crippen LogP contribution in [0.3, 0.4) is 0 Å². The Morgan fingerprint density at radius 2 is 1.36 bits per heavy atom. The first-order chi connectivity index (χ1) is 16.3. The molecule has 158 valence electrons. The van der Waals surface area contributed by atoms with Crippen LogP contribution in [0.5, 0.6) is 0 Å². The van der Waals surface area contributed by atoms with E-state index in [1.54, 1.807) is 0 Å². The summed E-state index contributed by atoms with van der Waals surface area (Å²) in [5.41, 5.74) is 5.88. The summed E-state index contributed by atoms with van der Waals surface area (Å²) in [6.07, 6.45) is 0. The Bertz CT molecular complexity index is 1640. The van der Waals surface area contributed by atoms with E-state index >= 15 is 0 Å². The van der Waals surface area contributed by atoms with E-state index < -0.39 is 0 Å². The molecule has 0 aliphatic heterocycles. The first-order valence-corrected chi connectivity index (χ1v) is 11.4. The van der Waals surface area contributed by atoms with E-state index in [1.165, 1.54) is 21.8 Å². The predicted octanol–water partition coefficient (Wildman–Crippen LogP) is 7.87. The molecular formula is C31H23NO. The lowest BCUT2D eigenvalue weighted by Gasteiger charge is -2.14. The number of fused-ring (bicyclic) bond motifs is 4. The molecule has 2 heteroatoms. The third-order valence-corrected chi connectivity index (χ3v) is 6.58. The van der Waals surface area contributed by atoms with Crippen LogP contribution in [-0.2, 0) is 6.54 Å². The maximum atomic E-state index is 13.9. The zero-order valence-corrected chi connectivity index (χ0v) is 18.5. The van der Waals surface area contributed by atoms with Crippen LogP contribution < -0.4 is 0 Å². The number of nitrogens with zero attached hydrogens (tertiary/aromatic N) is 1. The molecule has 0 aliphatic carbocycles. The van der Waals surface area contributed by atoms with Crippen molar-refractivity contribution in [2.45, 2.75) is 13.5 Å². The minimum Gasteiger partial charge on any atom is -0.341 e. The van der Waals surface area contributed by atoms with Gasteiger partial charge in [0, 0.05) is 39.5 Å². The number of para-hydroxylation sites is 1. The van der Waals surface area contributed by atoms with Crippen LogP contribution in [0.25, 0.3) is 43.7 Å². The van der Waals surface area contributed by atoms with Crippen LogP contribution in [0.15, 0.2) is 109 Å². The molecule has 0 unspecified atom stereocenters. The Hall–Kier alpha value is -4.17. The average molecular weight is 426 g/mol. The molecule has 0 saturated heterocycles. The van der Waals surface area contributed by atoms with E-state index in [1.807, 2.05) is 48.5 Å². The molecule has 0 N–H and O–H groups in total. The number of carbonyl (C=O) groups is 1. The SMILES string of the molecule is CCn1c2ccccc2c2cc3ccc(-c4ccccc4)c(C(=O)c4ccccc4)c3cc21. The summed E-state index contributed by atoms with van der Waals surface area (Å²) in [4.78, 5) is 13.9. The van der Waals surface area contributed by atoms with Gasteiger partial charge in [0.05, 0.1) is 0 Å². The van der Waals surface area contributed by atoms with Gasteiger partial charge in [0.2, 0.25) is 0 Å². The van der Waals surface area contributed by atoms with Gasteiger partial charge in [0.15, 0.2) is 5.78 Å². The predicted molar refractivity (Wildman–Crippen MR) is 138 cm³/mol. The zero-order chi connectivity index (χ0) is 22.4. The molecule has 0 aliphatic rings. The summed E-state index contributed by atoms with van der Waals surface area (Å²) < 4.78 is 2.34. The molecule has 5 aromatic carbocycles. The Morgan fingerprint density at radius 1 is 0.667 bits per heavy atom. The number of rotatable bonds is 4. The minimum absolute atomic E-state index is 0.0542. The van der Waals surface area contributed by atoms with Gasteiger partial charge in [-0.25, -0.2) is 0 Å². The quantitative estimate of drug-likeness (QED) is 0.263. The lowest BCUT2D eigenvalue weighted by atomic mass is 9.89. The van der Waals surface area contributed by atoms with Crippen LogP contribution in [0, 0.1) is 0 Å². The summed E-state index contributed by atoms with van der Waals surface area (Å²) in [6, 6.07) is 37.0. The Labute approximate surface area is 192 Å². The Balaban J connectivity index is 1.74. The van der Waals surface area contributed by atoms with Crippen molar-refractivity contribution in [3.63, 3.8) is 0 Å². The number of aromatic nitrogens is 1. The molecule has 0 fully saturated rings. The second-order valence-electron chi connectivity index (χ2n) is 8.40. The molecule has 0 spiro atoms. The van der Waals surface area contributed by atoms with Crippen LogP contribution in [0.4, 0.5) is 0 Å². The first-order valence-electron chi connectivity index (χ1n) is 11.4. The second kappa shape index (κ2) is 7.75. The van der Waals surface area contributed by atoms with Crippen molar-refractivity contribution in [3.05, 3.63) is 120 Å². The van der Waals surface area contributed by atoms with Crippen molar-refractivity contribution in [2.24, 2.45) is 0 Å². The highest BCUT2D eigenvalue weighted by molar-refractivity contribution is 6.23. The number of ketones is 1. The van der Waals surface area contributed by atoms with E-state index in [4.69, 9.17) is 0 Å².